The number of hydrogen-bond donors (Lipinski definition) is 0. The van der Waals surface area contributed by atoms with Gasteiger partial charge >= 0.3 is 0 Å². The van der Waals surface area contributed by atoms with Crippen LogP contribution in [0, 0.1) is 10.1 Å². The number of nitro benzene ring substituents is 1. The van der Waals surface area contributed by atoms with E-state index >= 15 is 0 Å². The smallest absolute Gasteiger partial charge is 0.269 e. The van der Waals surface area contributed by atoms with Gasteiger partial charge in [-0.2, -0.15) is 10.2 Å². The quantitative estimate of drug-likeness (QED) is 0.483. The molecule has 0 aromatic heterocycles. The van der Waals surface area contributed by atoms with Crippen LogP contribution in [0.1, 0.15) is 22.0 Å². The number of non-ortho nitro benzene ring substituents is 1. The maximum Gasteiger partial charge on any atom is 0.269 e. The van der Waals surface area contributed by atoms with Crippen LogP contribution in [0.2, 0.25) is 0 Å². The zero-order valence-corrected chi connectivity index (χ0v) is 10.3. The average Bonchev–Trinajstić information content (AvgIpc) is 2.90. The second-order valence-corrected chi connectivity index (χ2v) is 4.35. The zero-order chi connectivity index (χ0) is 14.1. The van der Waals surface area contributed by atoms with Gasteiger partial charge in [-0.25, -0.2) is 0 Å². The molecule has 3 rings (SSSR count). The summed E-state index contributed by atoms with van der Waals surface area (Å²) < 4.78 is 0. The Bertz CT molecular complexity index is 723. The predicted molar refractivity (Wildman–Crippen MR) is 71.1 cm³/mol. The number of benzene rings is 2. The number of carbonyl (C=O) groups excluding carboxylic acids is 1. The van der Waals surface area contributed by atoms with E-state index in [1.165, 1.54) is 24.3 Å². The molecule has 1 heterocycles. The summed E-state index contributed by atoms with van der Waals surface area (Å²) in [5.41, 5.74) is 1.79. The first-order chi connectivity index (χ1) is 9.66. The lowest BCUT2D eigenvalue weighted by atomic mass is 9.98. The molecule has 1 atom stereocenters. The van der Waals surface area contributed by atoms with E-state index in [0.29, 0.717) is 11.3 Å². The van der Waals surface area contributed by atoms with Gasteiger partial charge in [-0.3, -0.25) is 14.9 Å². The molecular weight excluding hydrogens is 258 g/mol. The molecule has 0 bridgehead atoms. The molecule has 0 N–H and O–H groups in total. The van der Waals surface area contributed by atoms with Gasteiger partial charge in [0.1, 0.15) is 0 Å². The number of fused-ring (bicyclic) bond motifs is 1. The van der Waals surface area contributed by atoms with Gasteiger partial charge in [0.25, 0.3) is 5.69 Å². The molecule has 1 aliphatic rings. The van der Waals surface area contributed by atoms with Crippen molar-refractivity contribution in [3.05, 3.63) is 69.8 Å². The molecule has 1 aliphatic heterocycles. The van der Waals surface area contributed by atoms with Crippen molar-refractivity contribution in [2.45, 2.75) is 6.04 Å². The normalized spacial score (nSPS) is 15.9. The summed E-state index contributed by atoms with van der Waals surface area (Å²) >= 11 is 0. The van der Waals surface area contributed by atoms with E-state index in [2.05, 4.69) is 10.2 Å². The summed E-state index contributed by atoms with van der Waals surface area (Å²) in [5, 5.41) is 18.5. The molecule has 0 aliphatic carbocycles. The van der Waals surface area contributed by atoms with Crippen LogP contribution in [0.3, 0.4) is 0 Å². The number of hydrogen-bond acceptors (Lipinski definition) is 5. The molecule has 1 unspecified atom stereocenters. The van der Waals surface area contributed by atoms with Crippen molar-refractivity contribution in [1.82, 2.24) is 0 Å². The lowest BCUT2D eigenvalue weighted by molar-refractivity contribution is -0.384. The summed E-state index contributed by atoms with van der Waals surface area (Å²) in [6, 6.07) is 12.1. The molecule has 0 saturated carbocycles. The van der Waals surface area contributed by atoms with E-state index in [0.717, 1.165) is 5.56 Å². The number of ketones is 1. The molecule has 0 radical (unpaired) electrons. The van der Waals surface area contributed by atoms with Gasteiger partial charge in [-0.15, -0.1) is 0 Å². The molecule has 0 saturated heterocycles. The van der Waals surface area contributed by atoms with Gasteiger partial charge < -0.3 is 0 Å². The van der Waals surface area contributed by atoms with Crippen molar-refractivity contribution in [1.29, 1.82) is 0 Å². The summed E-state index contributed by atoms with van der Waals surface area (Å²) in [6.45, 7) is 0. The van der Waals surface area contributed by atoms with Crippen LogP contribution in [0.5, 0.6) is 0 Å². The lowest BCUT2D eigenvalue weighted by Gasteiger charge is -2.06. The third kappa shape index (κ3) is 1.97. The first kappa shape index (κ1) is 12.2. The standard InChI is InChI=1S/C14H9N3O3/c18-14(9-5-7-10(8-6-9)17(19)20)13-11-3-1-2-4-12(11)15-16-13/h1-8,13H. The molecule has 6 heteroatoms. The fourth-order valence-corrected chi connectivity index (χ4v) is 2.09. The molecule has 98 valence electrons. The first-order valence-corrected chi connectivity index (χ1v) is 5.95. The van der Waals surface area contributed by atoms with Crippen LogP contribution in [-0.4, -0.2) is 10.7 Å². The molecule has 2 aromatic rings. The van der Waals surface area contributed by atoms with E-state index in [1.54, 1.807) is 6.07 Å². The number of azo groups is 1. The monoisotopic (exact) mass is 267 g/mol. The van der Waals surface area contributed by atoms with Crippen LogP contribution < -0.4 is 0 Å². The van der Waals surface area contributed by atoms with Gasteiger partial charge in [0, 0.05) is 23.3 Å². The predicted octanol–water partition coefficient (Wildman–Crippen LogP) is 3.62. The molecule has 2 aromatic carbocycles. The summed E-state index contributed by atoms with van der Waals surface area (Å²) in [4.78, 5) is 22.5. The van der Waals surface area contributed by atoms with Gasteiger partial charge in [-0.05, 0) is 18.2 Å². The van der Waals surface area contributed by atoms with Crippen molar-refractivity contribution in [2.75, 3.05) is 0 Å². The lowest BCUT2D eigenvalue weighted by Crippen LogP contribution is -2.08. The Morgan fingerprint density at radius 2 is 1.80 bits per heavy atom. The van der Waals surface area contributed by atoms with Crippen molar-refractivity contribution in [3.63, 3.8) is 0 Å². The van der Waals surface area contributed by atoms with E-state index in [-0.39, 0.29) is 11.5 Å². The highest BCUT2D eigenvalue weighted by Crippen LogP contribution is 2.37. The molecule has 0 fully saturated rings. The Labute approximate surface area is 113 Å². The Kier molecular flexibility index (Phi) is 2.83. The topological polar surface area (TPSA) is 84.9 Å². The summed E-state index contributed by atoms with van der Waals surface area (Å²) in [7, 11) is 0. The Balaban J connectivity index is 1.91. The highest BCUT2D eigenvalue weighted by atomic mass is 16.6. The minimum Gasteiger partial charge on any atom is -0.291 e. The average molecular weight is 267 g/mol. The number of nitrogens with zero attached hydrogens (tertiary/aromatic N) is 3. The molecule has 6 nitrogen and oxygen atoms in total. The number of rotatable bonds is 3. The van der Waals surface area contributed by atoms with Gasteiger partial charge in [0.05, 0.1) is 10.6 Å². The Hall–Kier alpha value is -2.89. The number of Topliss-reactive ketones (excluding diaryl/α,β-unsaturated/α-hetero) is 1. The second-order valence-electron chi connectivity index (χ2n) is 4.35. The molecule has 20 heavy (non-hydrogen) atoms. The summed E-state index contributed by atoms with van der Waals surface area (Å²) in [5.74, 6) is -0.214. The highest BCUT2D eigenvalue weighted by molar-refractivity contribution is 6.02. The Morgan fingerprint density at radius 3 is 2.50 bits per heavy atom. The molecule has 0 spiro atoms. The second kappa shape index (κ2) is 4.65. The van der Waals surface area contributed by atoms with Crippen molar-refractivity contribution in [3.8, 4) is 0 Å². The van der Waals surface area contributed by atoms with Gasteiger partial charge in [-0.1, -0.05) is 18.2 Å². The number of nitro groups is 1. The minimum atomic E-state index is -0.660. The van der Waals surface area contributed by atoms with Gasteiger partial charge in [0.15, 0.2) is 11.8 Å². The number of carbonyl (C=O) groups is 1. The van der Waals surface area contributed by atoms with Gasteiger partial charge in [0.2, 0.25) is 0 Å². The summed E-state index contributed by atoms with van der Waals surface area (Å²) in [6.07, 6.45) is 0. The van der Waals surface area contributed by atoms with Crippen LogP contribution in [0.15, 0.2) is 58.8 Å². The fraction of sp³-hybridized carbons (Fsp3) is 0.0714. The maximum absolute atomic E-state index is 12.4. The van der Waals surface area contributed by atoms with Crippen LogP contribution >= 0.6 is 0 Å². The maximum atomic E-state index is 12.4. The van der Waals surface area contributed by atoms with E-state index < -0.39 is 11.0 Å². The van der Waals surface area contributed by atoms with Crippen molar-refractivity contribution >= 4 is 17.2 Å². The SMILES string of the molecule is O=C(c1ccc([N+](=O)[O-])cc1)C1N=Nc2ccccc21. The third-order valence-corrected chi connectivity index (χ3v) is 3.12. The van der Waals surface area contributed by atoms with Crippen molar-refractivity contribution < 1.29 is 9.72 Å². The first-order valence-electron chi connectivity index (χ1n) is 5.95. The van der Waals surface area contributed by atoms with Crippen LogP contribution in [0.25, 0.3) is 0 Å². The van der Waals surface area contributed by atoms with E-state index in [9.17, 15) is 14.9 Å². The van der Waals surface area contributed by atoms with Crippen LogP contribution in [0.4, 0.5) is 11.4 Å². The van der Waals surface area contributed by atoms with E-state index in [4.69, 9.17) is 0 Å². The third-order valence-electron chi connectivity index (χ3n) is 3.12. The minimum absolute atomic E-state index is 0.0463. The molecular formula is C14H9N3O3. The fourth-order valence-electron chi connectivity index (χ4n) is 2.09. The van der Waals surface area contributed by atoms with Crippen molar-refractivity contribution in [2.24, 2.45) is 10.2 Å². The molecule has 0 amide bonds. The largest absolute Gasteiger partial charge is 0.291 e. The Morgan fingerprint density at radius 1 is 1.10 bits per heavy atom. The highest BCUT2D eigenvalue weighted by Gasteiger charge is 2.28. The van der Waals surface area contributed by atoms with E-state index in [1.807, 2.05) is 18.2 Å². The van der Waals surface area contributed by atoms with Crippen LogP contribution in [-0.2, 0) is 0 Å². The zero-order valence-electron chi connectivity index (χ0n) is 10.3.